The zero-order valence-electron chi connectivity index (χ0n) is 11.3. The van der Waals surface area contributed by atoms with E-state index in [-0.39, 0.29) is 5.56 Å². The van der Waals surface area contributed by atoms with Crippen molar-refractivity contribution in [1.82, 2.24) is 9.78 Å². The number of halogens is 2. The summed E-state index contributed by atoms with van der Waals surface area (Å²) in [5.41, 5.74) is 2.77. The lowest BCUT2D eigenvalue weighted by Crippen LogP contribution is -2.21. The van der Waals surface area contributed by atoms with Crippen molar-refractivity contribution in [2.45, 2.75) is 13.0 Å². The Balaban J connectivity index is 1.86. The number of aromatic nitrogens is 2. The van der Waals surface area contributed by atoms with Crippen LogP contribution in [0.3, 0.4) is 0 Å². The summed E-state index contributed by atoms with van der Waals surface area (Å²) in [6.45, 7) is 1.28. The van der Waals surface area contributed by atoms with Crippen molar-refractivity contribution >= 4 is 37.5 Å². The van der Waals surface area contributed by atoms with Crippen LogP contribution in [0.15, 0.2) is 32.1 Å². The van der Waals surface area contributed by atoms with Crippen molar-refractivity contribution in [1.29, 1.82) is 0 Å². The van der Waals surface area contributed by atoms with Crippen LogP contribution in [-0.4, -0.2) is 16.4 Å². The standard InChI is InChI=1S/C14H13Br2N3O2/c1-19-14(20)12(16)11(7-18-19)17-6-9-5-10(15)4-8-2-3-21-13(8)9/h4-5,7,17H,2-3,6H2,1H3. The van der Waals surface area contributed by atoms with E-state index in [4.69, 9.17) is 4.74 Å². The monoisotopic (exact) mass is 413 g/mol. The van der Waals surface area contributed by atoms with Gasteiger partial charge in [-0.05, 0) is 33.6 Å². The smallest absolute Gasteiger partial charge is 0.282 e. The second-order valence-corrected chi connectivity index (χ2v) is 6.51. The number of rotatable bonds is 3. The summed E-state index contributed by atoms with van der Waals surface area (Å²) in [6, 6.07) is 4.11. The fraction of sp³-hybridized carbons (Fsp3) is 0.286. The maximum absolute atomic E-state index is 11.8. The molecule has 0 radical (unpaired) electrons. The second-order valence-electron chi connectivity index (χ2n) is 4.81. The highest BCUT2D eigenvalue weighted by Crippen LogP contribution is 2.33. The van der Waals surface area contributed by atoms with Crippen molar-refractivity contribution < 1.29 is 4.74 Å². The SMILES string of the molecule is Cn1ncc(NCc2cc(Br)cc3c2OCC3)c(Br)c1=O. The first-order valence-electron chi connectivity index (χ1n) is 6.46. The summed E-state index contributed by atoms with van der Waals surface area (Å²) >= 11 is 6.82. The van der Waals surface area contributed by atoms with Crippen LogP contribution in [-0.2, 0) is 20.0 Å². The summed E-state index contributed by atoms with van der Waals surface area (Å²) in [4.78, 5) is 11.8. The fourth-order valence-electron chi connectivity index (χ4n) is 2.30. The molecular weight excluding hydrogens is 402 g/mol. The first kappa shape index (κ1) is 14.6. The molecule has 7 heteroatoms. The van der Waals surface area contributed by atoms with Crippen molar-refractivity contribution in [3.05, 3.63) is 48.8 Å². The summed E-state index contributed by atoms with van der Waals surface area (Å²) < 4.78 is 8.49. The Kier molecular flexibility index (Phi) is 4.03. The van der Waals surface area contributed by atoms with Gasteiger partial charge in [0.2, 0.25) is 0 Å². The first-order chi connectivity index (χ1) is 10.1. The molecule has 0 amide bonds. The third-order valence-electron chi connectivity index (χ3n) is 3.37. The lowest BCUT2D eigenvalue weighted by molar-refractivity contribution is 0.354. The van der Waals surface area contributed by atoms with Crippen LogP contribution < -0.4 is 15.6 Å². The molecule has 0 saturated heterocycles. The molecule has 0 saturated carbocycles. The zero-order chi connectivity index (χ0) is 15.0. The van der Waals surface area contributed by atoms with Gasteiger partial charge in [0.15, 0.2) is 0 Å². The van der Waals surface area contributed by atoms with Crippen LogP contribution in [0, 0.1) is 0 Å². The van der Waals surface area contributed by atoms with Gasteiger partial charge in [-0.1, -0.05) is 15.9 Å². The first-order valence-corrected chi connectivity index (χ1v) is 8.04. The van der Waals surface area contributed by atoms with Gasteiger partial charge in [-0.15, -0.1) is 0 Å². The van der Waals surface area contributed by atoms with Crippen molar-refractivity contribution in [2.75, 3.05) is 11.9 Å². The molecule has 1 aromatic carbocycles. The normalized spacial score (nSPS) is 12.9. The summed E-state index contributed by atoms with van der Waals surface area (Å²) in [5.74, 6) is 0.943. The van der Waals surface area contributed by atoms with E-state index in [9.17, 15) is 4.79 Å². The van der Waals surface area contributed by atoms with Gasteiger partial charge in [-0.2, -0.15) is 5.10 Å². The third kappa shape index (κ3) is 2.85. The van der Waals surface area contributed by atoms with Gasteiger partial charge in [0.1, 0.15) is 10.2 Å². The number of benzene rings is 1. The van der Waals surface area contributed by atoms with Gasteiger partial charge in [0, 0.05) is 30.0 Å². The molecule has 0 aliphatic carbocycles. The van der Waals surface area contributed by atoms with Gasteiger partial charge >= 0.3 is 0 Å². The molecule has 2 aromatic rings. The number of ether oxygens (including phenoxy) is 1. The average molecular weight is 415 g/mol. The number of nitrogens with one attached hydrogen (secondary N) is 1. The van der Waals surface area contributed by atoms with Crippen LogP contribution >= 0.6 is 31.9 Å². The quantitative estimate of drug-likeness (QED) is 0.838. The minimum atomic E-state index is -0.171. The lowest BCUT2D eigenvalue weighted by Gasteiger charge is -2.12. The number of aryl methyl sites for hydroxylation is 1. The highest BCUT2D eigenvalue weighted by atomic mass is 79.9. The molecule has 0 spiro atoms. The Morgan fingerprint density at radius 2 is 2.24 bits per heavy atom. The van der Waals surface area contributed by atoms with Crippen LogP contribution in [0.4, 0.5) is 5.69 Å². The van der Waals surface area contributed by atoms with Gasteiger partial charge in [0.25, 0.3) is 5.56 Å². The summed E-state index contributed by atoms with van der Waals surface area (Å²) in [7, 11) is 1.62. The van der Waals surface area contributed by atoms with Gasteiger partial charge in [0.05, 0.1) is 18.5 Å². The lowest BCUT2D eigenvalue weighted by atomic mass is 10.1. The molecule has 2 heterocycles. The van der Waals surface area contributed by atoms with E-state index in [1.165, 1.54) is 10.2 Å². The average Bonchev–Trinajstić information content (AvgIpc) is 2.92. The minimum Gasteiger partial charge on any atom is -0.493 e. The van der Waals surface area contributed by atoms with Gasteiger partial charge < -0.3 is 10.1 Å². The Bertz CT molecular complexity index is 759. The third-order valence-corrected chi connectivity index (χ3v) is 4.60. The number of hydrogen-bond acceptors (Lipinski definition) is 4. The van der Waals surface area contributed by atoms with Crippen molar-refractivity contribution in [3.8, 4) is 5.75 Å². The number of nitrogens with zero attached hydrogens (tertiary/aromatic N) is 2. The molecule has 3 rings (SSSR count). The summed E-state index contributed by atoms with van der Waals surface area (Å²) in [5, 5.41) is 7.24. The predicted octanol–water partition coefficient (Wildman–Crippen LogP) is 2.85. The number of fused-ring (bicyclic) bond motifs is 1. The Labute approximate surface area is 138 Å². The molecule has 0 fully saturated rings. The highest BCUT2D eigenvalue weighted by Gasteiger charge is 2.17. The van der Waals surface area contributed by atoms with Crippen LogP contribution in [0.5, 0.6) is 5.75 Å². The van der Waals surface area contributed by atoms with Crippen LogP contribution in [0.1, 0.15) is 11.1 Å². The van der Waals surface area contributed by atoms with E-state index in [1.807, 2.05) is 6.07 Å². The Morgan fingerprint density at radius 1 is 1.43 bits per heavy atom. The largest absolute Gasteiger partial charge is 0.493 e. The van der Waals surface area contributed by atoms with Crippen molar-refractivity contribution in [3.63, 3.8) is 0 Å². The van der Waals surface area contributed by atoms with Crippen molar-refractivity contribution in [2.24, 2.45) is 7.05 Å². The summed E-state index contributed by atoms with van der Waals surface area (Å²) in [6.07, 6.45) is 2.56. The molecular formula is C14H13Br2N3O2. The molecule has 1 aliphatic heterocycles. The highest BCUT2D eigenvalue weighted by molar-refractivity contribution is 9.10. The Hall–Kier alpha value is -1.34. The van der Waals surface area contributed by atoms with Gasteiger partial charge in [-0.3, -0.25) is 4.79 Å². The molecule has 110 valence electrons. The van der Waals surface area contributed by atoms with Crippen LogP contribution in [0.25, 0.3) is 0 Å². The van der Waals surface area contributed by atoms with E-state index >= 15 is 0 Å². The molecule has 0 unspecified atom stereocenters. The molecule has 1 N–H and O–H groups in total. The zero-order valence-corrected chi connectivity index (χ0v) is 14.5. The minimum absolute atomic E-state index is 0.171. The molecule has 1 aromatic heterocycles. The van der Waals surface area contributed by atoms with E-state index in [0.29, 0.717) is 16.7 Å². The molecule has 0 atom stereocenters. The topological polar surface area (TPSA) is 56.1 Å². The van der Waals surface area contributed by atoms with E-state index in [1.54, 1.807) is 13.2 Å². The Morgan fingerprint density at radius 3 is 3.05 bits per heavy atom. The molecule has 21 heavy (non-hydrogen) atoms. The number of hydrogen-bond donors (Lipinski definition) is 1. The molecule has 1 aliphatic rings. The van der Waals surface area contributed by atoms with E-state index in [0.717, 1.165) is 28.8 Å². The molecule has 0 bridgehead atoms. The molecule has 5 nitrogen and oxygen atoms in total. The van der Waals surface area contributed by atoms with Crippen LogP contribution in [0.2, 0.25) is 0 Å². The van der Waals surface area contributed by atoms with E-state index in [2.05, 4.69) is 48.3 Å². The van der Waals surface area contributed by atoms with Gasteiger partial charge in [-0.25, -0.2) is 4.68 Å². The van der Waals surface area contributed by atoms with E-state index < -0.39 is 0 Å². The number of anilines is 1. The fourth-order valence-corrected chi connectivity index (χ4v) is 3.35. The maximum Gasteiger partial charge on any atom is 0.282 e. The second kappa shape index (κ2) is 5.81. The maximum atomic E-state index is 11.8. The predicted molar refractivity (Wildman–Crippen MR) is 87.8 cm³/mol.